The molecule has 1 N–H and O–H groups in total. The molecule has 26 heavy (non-hydrogen) atoms. The largest absolute Gasteiger partial charge is 0.490 e. The van der Waals surface area contributed by atoms with Gasteiger partial charge in [0.2, 0.25) is 5.91 Å². The van der Waals surface area contributed by atoms with Gasteiger partial charge in [0.1, 0.15) is 0 Å². The molecule has 9 heteroatoms. The maximum Gasteiger partial charge on any atom is 0.490 e. The van der Waals surface area contributed by atoms with Crippen LogP contribution in [-0.4, -0.2) is 65.2 Å². The zero-order valence-corrected chi connectivity index (χ0v) is 15.4. The van der Waals surface area contributed by atoms with Gasteiger partial charge in [-0.25, -0.2) is 4.79 Å². The van der Waals surface area contributed by atoms with Crippen LogP contribution in [0.4, 0.5) is 13.2 Å². The first-order chi connectivity index (χ1) is 12.1. The Balaban J connectivity index is 0.000000298. The lowest BCUT2D eigenvalue weighted by Crippen LogP contribution is -2.55. The van der Waals surface area contributed by atoms with E-state index >= 15 is 0 Å². The third-order valence-corrected chi connectivity index (χ3v) is 5.88. The first-order valence-corrected chi connectivity index (χ1v) is 9.33. The minimum Gasteiger partial charge on any atom is -0.475 e. The van der Waals surface area contributed by atoms with Gasteiger partial charge in [-0.3, -0.25) is 9.69 Å². The van der Waals surface area contributed by atoms with Crippen LogP contribution in [0, 0.1) is 0 Å². The van der Waals surface area contributed by atoms with Crippen molar-refractivity contribution in [3.05, 3.63) is 22.4 Å². The standard InChI is InChI=1S/C15H22N2OS.C2HF3O2/c1-16-8-3-6-15(16)7-4-9-17(12-15)14(18)11-13-5-2-10-19-13;3-2(4,5)1(6)7/h2,5,10H,3-4,6-9,11-12H2,1H3;(H,6,7). The van der Waals surface area contributed by atoms with Gasteiger partial charge in [0.15, 0.2) is 0 Å². The van der Waals surface area contributed by atoms with Gasteiger partial charge < -0.3 is 10.0 Å². The van der Waals surface area contributed by atoms with Crippen molar-refractivity contribution in [1.82, 2.24) is 9.80 Å². The number of amides is 1. The predicted octanol–water partition coefficient (Wildman–Crippen LogP) is 3.01. The molecule has 2 saturated heterocycles. The molecule has 0 radical (unpaired) electrons. The lowest BCUT2D eigenvalue weighted by atomic mass is 9.86. The molecular weight excluding hydrogens is 369 g/mol. The highest BCUT2D eigenvalue weighted by atomic mass is 32.1. The quantitative estimate of drug-likeness (QED) is 0.841. The van der Waals surface area contributed by atoms with E-state index in [-0.39, 0.29) is 5.54 Å². The van der Waals surface area contributed by atoms with Crippen LogP contribution >= 0.6 is 11.3 Å². The highest BCUT2D eigenvalue weighted by molar-refractivity contribution is 7.10. The van der Waals surface area contributed by atoms with E-state index in [9.17, 15) is 18.0 Å². The lowest BCUT2D eigenvalue weighted by molar-refractivity contribution is -0.192. The molecule has 3 rings (SSSR count). The minimum atomic E-state index is -5.08. The Kier molecular flexibility index (Phi) is 6.68. The van der Waals surface area contributed by atoms with Crippen LogP contribution < -0.4 is 0 Å². The topological polar surface area (TPSA) is 60.9 Å². The number of hydrogen-bond donors (Lipinski definition) is 1. The Labute approximate surface area is 154 Å². The van der Waals surface area contributed by atoms with Gasteiger partial charge in [-0.05, 0) is 50.7 Å². The minimum absolute atomic E-state index is 0.281. The van der Waals surface area contributed by atoms with E-state index in [1.54, 1.807) is 11.3 Å². The van der Waals surface area contributed by atoms with Crippen LogP contribution in [0.3, 0.4) is 0 Å². The number of alkyl halides is 3. The second-order valence-electron chi connectivity index (χ2n) is 6.73. The number of thiophene rings is 1. The summed E-state index contributed by atoms with van der Waals surface area (Å²) in [4.78, 5) is 27.1. The maximum absolute atomic E-state index is 12.4. The molecule has 1 amide bonds. The summed E-state index contributed by atoms with van der Waals surface area (Å²) in [5, 5.41) is 9.17. The number of carboxylic acid groups (broad SMARTS) is 1. The van der Waals surface area contributed by atoms with Crippen molar-refractivity contribution in [2.24, 2.45) is 0 Å². The molecule has 0 aromatic carbocycles. The van der Waals surface area contributed by atoms with Crippen molar-refractivity contribution in [2.45, 2.75) is 43.8 Å². The smallest absolute Gasteiger partial charge is 0.475 e. The van der Waals surface area contributed by atoms with Crippen LogP contribution in [-0.2, 0) is 16.0 Å². The molecule has 2 aliphatic rings. The van der Waals surface area contributed by atoms with E-state index in [1.807, 2.05) is 11.4 Å². The number of halogens is 3. The van der Waals surface area contributed by atoms with E-state index in [0.29, 0.717) is 12.3 Å². The number of carbonyl (C=O) groups excluding carboxylic acids is 1. The van der Waals surface area contributed by atoms with Gasteiger partial charge >= 0.3 is 12.1 Å². The molecule has 3 heterocycles. The summed E-state index contributed by atoms with van der Waals surface area (Å²) in [6, 6.07) is 4.08. The summed E-state index contributed by atoms with van der Waals surface area (Å²) in [6.45, 7) is 3.07. The SMILES string of the molecule is CN1CCCC12CCCN(C(=O)Cc1cccs1)C2.O=C(O)C(F)(F)F. The van der Waals surface area contributed by atoms with Crippen LogP contribution in [0.1, 0.15) is 30.6 Å². The van der Waals surface area contributed by atoms with Crippen molar-refractivity contribution >= 4 is 23.2 Å². The zero-order valence-electron chi connectivity index (χ0n) is 14.6. The molecule has 1 aromatic rings. The lowest BCUT2D eigenvalue weighted by Gasteiger charge is -2.44. The van der Waals surface area contributed by atoms with Gasteiger partial charge in [-0.2, -0.15) is 13.2 Å². The van der Waals surface area contributed by atoms with Crippen molar-refractivity contribution in [3.63, 3.8) is 0 Å². The van der Waals surface area contributed by atoms with Crippen molar-refractivity contribution < 1.29 is 27.9 Å². The number of likely N-dealkylation sites (tertiary alicyclic amines) is 2. The highest BCUT2D eigenvalue weighted by Crippen LogP contribution is 2.36. The Morgan fingerprint density at radius 1 is 1.27 bits per heavy atom. The normalized spacial score (nSPS) is 23.6. The van der Waals surface area contributed by atoms with E-state index in [4.69, 9.17) is 9.90 Å². The van der Waals surface area contributed by atoms with Gasteiger partial charge in [-0.15, -0.1) is 11.3 Å². The monoisotopic (exact) mass is 392 g/mol. The number of nitrogens with zero attached hydrogens (tertiary/aromatic N) is 2. The summed E-state index contributed by atoms with van der Waals surface area (Å²) in [5.74, 6) is -2.45. The molecule has 146 valence electrons. The van der Waals surface area contributed by atoms with E-state index in [1.165, 1.54) is 30.7 Å². The highest BCUT2D eigenvalue weighted by Gasteiger charge is 2.42. The van der Waals surface area contributed by atoms with Crippen LogP contribution in [0.2, 0.25) is 0 Å². The molecule has 2 fully saturated rings. The second-order valence-corrected chi connectivity index (χ2v) is 7.76. The van der Waals surface area contributed by atoms with Crippen LogP contribution in [0.15, 0.2) is 17.5 Å². The molecule has 1 spiro atoms. The molecule has 0 saturated carbocycles. The first kappa shape index (κ1) is 20.7. The Bertz CT molecular complexity index is 621. The third-order valence-electron chi connectivity index (χ3n) is 5.00. The summed E-state index contributed by atoms with van der Waals surface area (Å²) < 4.78 is 31.7. The second kappa shape index (κ2) is 8.39. The number of likely N-dealkylation sites (N-methyl/N-ethyl adjacent to an activating group) is 1. The van der Waals surface area contributed by atoms with Gasteiger partial charge in [0.05, 0.1) is 6.42 Å². The summed E-state index contributed by atoms with van der Waals surface area (Å²) in [7, 11) is 2.22. The zero-order chi connectivity index (χ0) is 19.4. The third kappa shape index (κ3) is 5.20. The molecule has 0 bridgehead atoms. The van der Waals surface area contributed by atoms with E-state index in [2.05, 4.69) is 22.9 Å². The summed E-state index contributed by atoms with van der Waals surface area (Å²) >= 11 is 1.68. The number of rotatable bonds is 2. The van der Waals surface area contributed by atoms with E-state index < -0.39 is 12.1 Å². The Morgan fingerprint density at radius 3 is 2.38 bits per heavy atom. The number of piperidine rings is 1. The number of carbonyl (C=O) groups is 2. The molecule has 2 aliphatic heterocycles. The van der Waals surface area contributed by atoms with Crippen LogP contribution in [0.25, 0.3) is 0 Å². The Morgan fingerprint density at radius 2 is 1.88 bits per heavy atom. The fraction of sp³-hybridized carbons (Fsp3) is 0.647. The molecule has 1 aromatic heterocycles. The predicted molar refractivity (Wildman–Crippen MR) is 92.1 cm³/mol. The molecule has 1 atom stereocenters. The van der Waals surface area contributed by atoms with Crippen molar-refractivity contribution in [2.75, 3.05) is 26.7 Å². The molecule has 5 nitrogen and oxygen atoms in total. The van der Waals surface area contributed by atoms with Crippen LogP contribution in [0.5, 0.6) is 0 Å². The summed E-state index contributed by atoms with van der Waals surface area (Å²) in [5.41, 5.74) is 0.281. The summed E-state index contributed by atoms with van der Waals surface area (Å²) in [6.07, 6.45) is 0.444. The maximum atomic E-state index is 12.4. The average Bonchev–Trinajstić information content (AvgIpc) is 3.18. The van der Waals surface area contributed by atoms with E-state index in [0.717, 1.165) is 19.5 Å². The number of carboxylic acids is 1. The van der Waals surface area contributed by atoms with Gasteiger partial charge in [0.25, 0.3) is 0 Å². The Hall–Kier alpha value is -1.61. The van der Waals surface area contributed by atoms with Crippen molar-refractivity contribution in [3.8, 4) is 0 Å². The van der Waals surface area contributed by atoms with Gasteiger partial charge in [0, 0.05) is 23.5 Å². The first-order valence-electron chi connectivity index (χ1n) is 8.45. The molecule has 1 unspecified atom stereocenters. The fourth-order valence-electron chi connectivity index (χ4n) is 3.59. The number of hydrogen-bond acceptors (Lipinski definition) is 4. The molecular formula is C17H23F3N2O3S. The van der Waals surface area contributed by atoms with Crippen molar-refractivity contribution in [1.29, 1.82) is 0 Å². The molecule has 0 aliphatic carbocycles. The number of aliphatic carboxylic acids is 1. The fourth-order valence-corrected chi connectivity index (χ4v) is 4.28. The van der Waals surface area contributed by atoms with Gasteiger partial charge in [-0.1, -0.05) is 6.07 Å². The average molecular weight is 392 g/mol.